The highest BCUT2D eigenvalue weighted by Crippen LogP contribution is 2.32. The number of rotatable bonds is 4. The number of hydrogen-bond acceptors (Lipinski definition) is 4. The second-order valence-electron chi connectivity index (χ2n) is 4.95. The fourth-order valence-corrected chi connectivity index (χ4v) is 3.53. The zero-order chi connectivity index (χ0) is 14.8. The van der Waals surface area contributed by atoms with Crippen molar-refractivity contribution in [1.29, 1.82) is 0 Å². The summed E-state index contributed by atoms with van der Waals surface area (Å²) < 4.78 is 5.59. The van der Waals surface area contributed by atoms with Crippen LogP contribution in [0.1, 0.15) is 22.5 Å². The van der Waals surface area contributed by atoms with Crippen molar-refractivity contribution in [2.45, 2.75) is 12.8 Å². The number of halogens is 1. The molecule has 1 aromatic heterocycles. The lowest BCUT2D eigenvalue weighted by atomic mass is 9.80. The van der Waals surface area contributed by atoms with E-state index in [9.17, 15) is 14.7 Å². The van der Waals surface area contributed by atoms with E-state index in [1.54, 1.807) is 17.0 Å². The van der Waals surface area contributed by atoms with Crippen LogP contribution in [0.3, 0.4) is 0 Å². The second-order valence-corrected chi connectivity index (χ2v) is 6.67. The number of piperidine rings is 1. The lowest BCUT2D eigenvalue weighted by molar-refractivity contribution is -0.155. The molecule has 1 aromatic rings. The van der Waals surface area contributed by atoms with Gasteiger partial charge in [0.2, 0.25) is 0 Å². The summed E-state index contributed by atoms with van der Waals surface area (Å²) in [4.78, 5) is 26.0. The molecule has 1 fully saturated rings. The number of hydrogen-bond donors (Lipinski definition) is 1. The third-order valence-corrected chi connectivity index (χ3v) is 4.74. The van der Waals surface area contributed by atoms with Gasteiger partial charge in [0, 0.05) is 20.2 Å². The van der Waals surface area contributed by atoms with Crippen LogP contribution in [0.15, 0.2) is 12.1 Å². The predicted molar refractivity (Wildman–Crippen MR) is 76.4 cm³/mol. The van der Waals surface area contributed by atoms with Crippen LogP contribution < -0.4 is 0 Å². The third-order valence-electron chi connectivity index (χ3n) is 3.52. The Morgan fingerprint density at radius 2 is 2.30 bits per heavy atom. The lowest BCUT2D eigenvalue weighted by Crippen LogP contribution is -2.52. The first-order valence-corrected chi connectivity index (χ1v) is 7.45. The van der Waals surface area contributed by atoms with Gasteiger partial charge in [0.05, 0.1) is 15.8 Å². The van der Waals surface area contributed by atoms with Crippen LogP contribution in [0.5, 0.6) is 0 Å². The molecule has 1 atom stereocenters. The van der Waals surface area contributed by atoms with Crippen LogP contribution in [0.2, 0.25) is 4.34 Å². The van der Waals surface area contributed by atoms with Crippen LogP contribution in [-0.4, -0.2) is 48.7 Å². The number of nitrogens with zero attached hydrogens (tertiary/aromatic N) is 1. The van der Waals surface area contributed by atoms with Crippen molar-refractivity contribution in [2.24, 2.45) is 5.41 Å². The number of amides is 1. The van der Waals surface area contributed by atoms with E-state index in [1.807, 2.05) is 0 Å². The van der Waals surface area contributed by atoms with Gasteiger partial charge in [0.25, 0.3) is 5.91 Å². The molecule has 0 aromatic carbocycles. The maximum Gasteiger partial charge on any atom is 0.313 e. The number of carbonyl (C=O) groups is 2. The van der Waals surface area contributed by atoms with Gasteiger partial charge in [-0.05, 0) is 25.0 Å². The molecule has 20 heavy (non-hydrogen) atoms. The first-order chi connectivity index (χ1) is 9.48. The molecule has 1 unspecified atom stereocenters. The molecular weight excluding hydrogens is 302 g/mol. The number of thiophene rings is 1. The van der Waals surface area contributed by atoms with Crippen molar-refractivity contribution >= 4 is 34.8 Å². The minimum atomic E-state index is -1.01. The fraction of sp³-hybridized carbons (Fsp3) is 0.538. The Kier molecular flexibility index (Phi) is 4.67. The summed E-state index contributed by atoms with van der Waals surface area (Å²) >= 11 is 7.04. The van der Waals surface area contributed by atoms with Gasteiger partial charge < -0.3 is 14.7 Å². The highest BCUT2D eigenvalue weighted by Gasteiger charge is 2.44. The molecule has 110 valence electrons. The maximum atomic E-state index is 12.4. The van der Waals surface area contributed by atoms with Gasteiger partial charge in [-0.3, -0.25) is 9.59 Å². The molecule has 0 spiro atoms. The molecule has 2 heterocycles. The summed E-state index contributed by atoms with van der Waals surface area (Å²) in [6.45, 7) is 0.842. The van der Waals surface area contributed by atoms with Gasteiger partial charge in [-0.25, -0.2) is 0 Å². The van der Waals surface area contributed by atoms with Gasteiger partial charge in [0.1, 0.15) is 5.41 Å². The number of carboxylic acids is 1. The molecule has 2 rings (SSSR count). The zero-order valence-corrected chi connectivity index (χ0v) is 12.7. The van der Waals surface area contributed by atoms with Gasteiger partial charge in [0.15, 0.2) is 0 Å². The van der Waals surface area contributed by atoms with Crippen LogP contribution >= 0.6 is 22.9 Å². The fourth-order valence-electron chi connectivity index (χ4n) is 2.52. The Balaban J connectivity index is 2.17. The third kappa shape index (κ3) is 2.97. The number of likely N-dealkylation sites (tertiary alicyclic amines) is 1. The van der Waals surface area contributed by atoms with E-state index in [-0.39, 0.29) is 19.1 Å². The van der Waals surface area contributed by atoms with Crippen molar-refractivity contribution in [3.05, 3.63) is 21.3 Å². The normalized spacial score (nSPS) is 22.8. The quantitative estimate of drug-likeness (QED) is 0.925. The number of carbonyl (C=O) groups excluding carboxylic acids is 1. The van der Waals surface area contributed by atoms with Crippen molar-refractivity contribution in [3.63, 3.8) is 0 Å². The first-order valence-electron chi connectivity index (χ1n) is 6.25. The first kappa shape index (κ1) is 15.3. The lowest BCUT2D eigenvalue weighted by Gasteiger charge is -2.39. The highest BCUT2D eigenvalue weighted by molar-refractivity contribution is 7.17. The second kappa shape index (κ2) is 6.11. The maximum absolute atomic E-state index is 12.4. The number of aliphatic carboxylic acids is 1. The van der Waals surface area contributed by atoms with Gasteiger partial charge in [-0.15, -0.1) is 11.3 Å². The summed E-state index contributed by atoms with van der Waals surface area (Å²) in [5.41, 5.74) is -1.01. The Labute approximate surface area is 126 Å². The Morgan fingerprint density at radius 1 is 1.55 bits per heavy atom. The summed E-state index contributed by atoms with van der Waals surface area (Å²) in [6, 6.07) is 3.34. The average molecular weight is 318 g/mol. The molecule has 7 heteroatoms. The standard InChI is InChI=1S/C13H16ClNO4S/c1-19-8-13(12(17)18)5-2-6-15(7-13)11(16)9-3-4-10(14)20-9/h3-4H,2,5-8H2,1H3,(H,17,18). The number of ether oxygens (including phenoxy) is 1. The van der Waals surface area contributed by atoms with E-state index < -0.39 is 11.4 Å². The average Bonchev–Trinajstić information content (AvgIpc) is 2.85. The molecule has 1 N–H and O–H groups in total. The largest absolute Gasteiger partial charge is 0.481 e. The summed E-state index contributed by atoms with van der Waals surface area (Å²) in [5.74, 6) is -1.08. The molecular formula is C13H16ClNO4S. The molecule has 1 saturated heterocycles. The van der Waals surface area contributed by atoms with Crippen molar-refractivity contribution in [1.82, 2.24) is 4.90 Å². The van der Waals surface area contributed by atoms with Crippen LogP contribution in [-0.2, 0) is 9.53 Å². The summed E-state index contributed by atoms with van der Waals surface area (Å²) in [7, 11) is 1.48. The van der Waals surface area contributed by atoms with Crippen molar-refractivity contribution < 1.29 is 19.4 Å². The van der Waals surface area contributed by atoms with E-state index in [0.717, 1.165) is 0 Å². The molecule has 0 radical (unpaired) electrons. The van der Waals surface area contributed by atoms with Gasteiger partial charge in [-0.1, -0.05) is 11.6 Å². The van der Waals surface area contributed by atoms with E-state index in [1.165, 1.54) is 18.4 Å². The SMILES string of the molecule is COCC1(C(=O)O)CCCN(C(=O)c2ccc(Cl)s2)C1. The molecule has 1 amide bonds. The molecule has 0 aliphatic carbocycles. The summed E-state index contributed by atoms with van der Waals surface area (Å²) in [5, 5.41) is 9.46. The molecule has 0 saturated carbocycles. The monoisotopic (exact) mass is 317 g/mol. The van der Waals surface area contributed by atoms with E-state index in [4.69, 9.17) is 16.3 Å². The number of methoxy groups -OCH3 is 1. The van der Waals surface area contributed by atoms with Gasteiger partial charge >= 0.3 is 5.97 Å². The molecule has 5 nitrogen and oxygen atoms in total. The van der Waals surface area contributed by atoms with Crippen LogP contribution in [0, 0.1) is 5.41 Å². The number of carboxylic acid groups (broad SMARTS) is 1. The minimum Gasteiger partial charge on any atom is -0.481 e. The van der Waals surface area contributed by atoms with Crippen LogP contribution in [0.25, 0.3) is 0 Å². The topological polar surface area (TPSA) is 66.8 Å². The zero-order valence-electron chi connectivity index (χ0n) is 11.1. The predicted octanol–water partition coefficient (Wildman–Crippen LogP) is 2.35. The minimum absolute atomic E-state index is 0.108. The van der Waals surface area contributed by atoms with E-state index in [0.29, 0.717) is 28.6 Å². The van der Waals surface area contributed by atoms with Gasteiger partial charge in [-0.2, -0.15) is 0 Å². The van der Waals surface area contributed by atoms with Crippen molar-refractivity contribution in [2.75, 3.05) is 26.8 Å². The Morgan fingerprint density at radius 3 is 2.85 bits per heavy atom. The smallest absolute Gasteiger partial charge is 0.313 e. The molecule has 1 aliphatic rings. The molecule has 0 bridgehead atoms. The Bertz CT molecular complexity index is 514. The van der Waals surface area contributed by atoms with Crippen LogP contribution in [0.4, 0.5) is 0 Å². The van der Waals surface area contributed by atoms with E-state index in [2.05, 4.69) is 0 Å². The van der Waals surface area contributed by atoms with Crippen molar-refractivity contribution in [3.8, 4) is 0 Å². The molecule has 1 aliphatic heterocycles. The summed E-state index contributed by atoms with van der Waals surface area (Å²) in [6.07, 6.45) is 1.17. The Hall–Kier alpha value is -1.11. The van der Waals surface area contributed by atoms with E-state index >= 15 is 0 Å². The highest BCUT2D eigenvalue weighted by atomic mass is 35.5.